The zero-order valence-corrected chi connectivity index (χ0v) is 22.4. The molecule has 9 nitrogen and oxygen atoms in total. The average molecular weight is 531 g/mol. The van der Waals surface area contributed by atoms with E-state index in [-0.39, 0.29) is 18.4 Å². The lowest BCUT2D eigenvalue weighted by molar-refractivity contribution is -0.153. The molecule has 0 aliphatic rings. The molecule has 0 aliphatic carbocycles. The van der Waals surface area contributed by atoms with E-state index in [0.29, 0.717) is 23.5 Å². The molecule has 9 heteroatoms. The maximum absolute atomic E-state index is 13.1. The van der Waals surface area contributed by atoms with Gasteiger partial charge in [0.05, 0.1) is 11.7 Å². The van der Waals surface area contributed by atoms with Gasteiger partial charge in [0.1, 0.15) is 0 Å². The number of benzene rings is 2. The third-order valence-electron chi connectivity index (χ3n) is 6.69. The molecule has 4 rings (SSSR count). The number of aliphatic hydroxyl groups is 2. The highest BCUT2D eigenvalue weighted by Gasteiger charge is 2.31. The number of H-pyrrole nitrogens is 1. The molecule has 1 atom stereocenters. The summed E-state index contributed by atoms with van der Waals surface area (Å²) < 4.78 is 4.74. The fraction of sp³-hybridized carbons (Fsp3) is 0.333. The molecule has 2 heterocycles. The molecule has 0 spiro atoms. The number of unbranched alkanes of at least 4 members (excludes halogenated alkanes) is 1. The highest BCUT2D eigenvalue weighted by atomic mass is 16.5. The molecule has 2 aromatic carbocycles. The quantitative estimate of drug-likeness (QED) is 0.241. The van der Waals surface area contributed by atoms with Crippen molar-refractivity contribution in [2.24, 2.45) is 5.92 Å². The van der Waals surface area contributed by atoms with Gasteiger partial charge in [-0.05, 0) is 47.2 Å². The zero-order chi connectivity index (χ0) is 27.9. The van der Waals surface area contributed by atoms with Gasteiger partial charge in [-0.3, -0.25) is 19.3 Å². The number of nitrogens with one attached hydrogen (secondary N) is 1. The van der Waals surface area contributed by atoms with Crippen molar-refractivity contribution in [3.05, 3.63) is 83.0 Å². The van der Waals surface area contributed by atoms with Crippen molar-refractivity contribution < 1.29 is 19.5 Å². The highest BCUT2D eigenvalue weighted by molar-refractivity contribution is 5.83. The minimum absolute atomic E-state index is 0.124. The van der Waals surface area contributed by atoms with Crippen LogP contribution < -0.4 is 5.76 Å². The van der Waals surface area contributed by atoms with Crippen LogP contribution in [0.15, 0.2) is 76.2 Å². The van der Waals surface area contributed by atoms with E-state index in [1.54, 1.807) is 11.1 Å². The largest absolute Gasteiger partial charge is 0.439 e. The van der Waals surface area contributed by atoms with Crippen LogP contribution in [-0.2, 0) is 11.3 Å². The van der Waals surface area contributed by atoms with Crippen molar-refractivity contribution in [3.63, 3.8) is 0 Å². The SMILES string of the molecule is CCCCC(=O)N(Cc1ccc(-c2cc(-c3ccccc3)ccc2-c2noc(=O)[nH]2)nc1)[C@@H](C(C)C)C(O)O. The first-order valence-corrected chi connectivity index (χ1v) is 13.1. The molecular formula is C30H34N4O5. The van der Waals surface area contributed by atoms with E-state index in [4.69, 9.17) is 4.52 Å². The molecule has 3 N–H and O–H groups in total. The standard InChI is InChI=1S/C30H34N4O5/c1-4-5-11-26(35)34(27(19(2)3)29(36)37)18-20-12-15-25(31-17-20)24-16-22(21-9-7-6-8-10-21)13-14-23(24)28-32-30(38)39-33-28/h6-10,12-17,19,27,29,36-37H,4-5,11,18H2,1-3H3,(H,32,33,38)/t27-/m0/s1. The van der Waals surface area contributed by atoms with Crippen LogP contribution in [-0.4, -0.2) is 48.5 Å². The smallest absolute Gasteiger partial charge is 0.366 e. The van der Waals surface area contributed by atoms with Crippen molar-refractivity contribution >= 4 is 5.91 Å². The van der Waals surface area contributed by atoms with E-state index in [1.807, 2.05) is 81.4 Å². The molecule has 0 aliphatic heterocycles. The molecule has 0 saturated carbocycles. The maximum Gasteiger partial charge on any atom is 0.439 e. The second-order valence-corrected chi connectivity index (χ2v) is 9.90. The van der Waals surface area contributed by atoms with Crippen LogP contribution in [0.4, 0.5) is 0 Å². The number of rotatable bonds is 11. The van der Waals surface area contributed by atoms with E-state index >= 15 is 0 Å². The molecule has 0 fully saturated rings. The summed E-state index contributed by atoms with van der Waals surface area (Å²) in [7, 11) is 0. The Hall–Kier alpha value is -4.08. The Balaban J connectivity index is 1.70. The lowest BCUT2D eigenvalue weighted by Crippen LogP contribution is -2.49. The van der Waals surface area contributed by atoms with Crippen molar-refractivity contribution in [3.8, 4) is 33.8 Å². The predicted molar refractivity (Wildman–Crippen MR) is 148 cm³/mol. The van der Waals surface area contributed by atoms with Gasteiger partial charge in [-0.1, -0.05) is 74.8 Å². The highest BCUT2D eigenvalue weighted by Crippen LogP contribution is 2.33. The summed E-state index contributed by atoms with van der Waals surface area (Å²) >= 11 is 0. The lowest BCUT2D eigenvalue weighted by atomic mass is 9.96. The number of aliphatic hydroxyl groups excluding tert-OH is 1. The summed E-state index contributed by atoms with van der Waals surface area (Å²) in [6, 6.07) is 18.7. The van der Waals surface area contributed by atoms with Crippen LogP contribution in [0.3, 0.4) is 0 Å². The number of pyridine rings is 1. The fourth-order valence-electron chi connectivity index (χ4n) is 4.69. The Morgan fingerprint density at radius 2 is 1.79 bits per heavy atom. The van der Waals surface area contributed by atoms with Gasteiger partial charge < -0.3 is 15.1 Å². The molecule has 4 aromatic rings. The first-order chi connectivity index (χ1) is 18.8. The molecule has 0 saturated heterocycles. The minimum Gasteiger partial charge on any atom is -0.366 e. The number of aromatic nitrogens is 3. The van der Waals surface area contributed by atoms with Crippen LogP contribution in [0.25, 0.3) is 33.8 Å². The lowest BCUT2D eigenvalue weighted by Gasteiger charge is -2.35. The van der Waals surface area contributed by atoms with Gasteiger partial charge in [-0.25, -0.2) is 4.79 Å². The number of nitrogens with zero attached hydrogens (tertiary/aromatic N) is 3. The summed E-state index contributed by atoms with van der Waals surface area (Å²) in [4.78, 5) is 33.6. The molecule has 1 amide bonds. The van der Waals surface area contributed by atoms with E-state index in [0.717, 1.165) is 35.1 Å². The number of amides is 1. The summed E-state index contributed by atoms with van der Waals surface area (Å²) in [5, 5.41) is 24.0. The predicted octanol–water partition coefficient (Wildman–Crippen LogP) is 4.61. The van der Waals surface area contributed by atoms with Crippen molar-refractivity contribution in [2.75, 3.05) is 0 Å². The molecule has 0 radical (unpaired) electrons. The first-order valence-electron chi connectivity index (χ1n) is 13.1. The van der Waals surface area contributed by atoms with Crippen LogP contribution in [0.1, 0.15) is 45.6 Å². The third-order valence-corrected chi connectivity index (χ3v) is 6.69. The van der Waals surface area contributed by atoms with Crippen LogP contribution in [0.5, 0.6) is 0 Å². The summed E-state index contributed by atoms with van der Waals surface area (Å²) in [5.41, 5.74) is 4.79. The molecule has 0 unspecified atom stereocenters. The molecular weight excluding hydrogens is 496 g/mol. The van der Waals surface area contributed by atoms with Gasteiger partial charge in [-0.15, -0.1) is 0 Å². The van der Waals surface area contributed by atoms with Gasteiger partial charge in [0.2, 0.25) is 5.91 Å². The van der Waals surface area contributed by atoms with Gasteiger partial charge in [0, 0.05) is 30.3 Å². The van der Waals surface area contributed by atoms with E-state index in [2.05, 4.69) is 15.1 Å². The van der Waals surface area contributed by atoms with Gasteiger partial charge in [-0.2, -0.15) is 0 Å². The topological polar surface area (TPSA) is 133 Å². The number of hydrogen-bond donors (Lipinski definition) is 3. The Bertz CT molecular complexity index is 1420. The van der Waals surface area contributed by atoms with Gasteiger partial charge in [0.25, 0.3) is 0 Å². The average Bonchev–Trinajstić information content (AvgIpc) is 3.37. The van der Waals surface area contributed by atoms with Crippen LogP contribution in [0, 0.1) is 5.92 Å². The van der Waals surface area contributed by atoms with Crippen molar-refractivity contribution in [1.29, 1.82) is 0 Å². The minimum atomic E-state index is -1.66. The fourth-order valence-corrected chi connectivity index (χ4v) is 4.69. The second kappa shape index (κ2) is 12.6. The Labute approximate surface area is 227 Å². The number of aromatic amines is 1. The van der Waals surface area contributed by atoms with Crippen LogP contribution in [0.2, 0.25) is 0 Å². The number of carbonyl (C=O) groups excluding carboxylic acids is 1. The van der Waals surface area contributed by atoms with Gasteiger partial charge >= 0.3 is 5.76 Å². The summed E-state index contributed by atoms with van der Waals surface area (Å²) in [5.74, 6) is -0.633. The third kappa shape index (κ3) is 6.68. The number of carbonyl (C=O) groups is 1. The molecule has 39 heavy (non-hydrogen) atoms. The summed E-state index contributed by atoms with van der Waals surface area (Å²) in [6.07, 6.45) is 1.95. The Morgan fingerprint density at radius 1 is 1.03 bits per heavy atom. The van der Waals surface area contributed by atoms with E-state index in [9.17, 15) is 19.8 Å². The Morgan fingerprint density at radius 3 is 2.38 bits per heavy atom. The normalized spacial score (nSPS) is 12.2. The second-order valence-electron chi connectivity index (χ2n) is 9.90. The van der Waals surface area contributed by atoms with Crippen LogP contribution >= 0.6 is 0 Å². The van der Waals surface area contributed by atoms with Crippen molar-refractivity contribution in [2.45, 2.75) is 58.9 Å². The first kappa shape index (κ1) is 27.9. The summed E-state index contributed by atoms with van der Waals surface area (Å²) in [6.45, 7) is 5.93. The molecule has 0 bridgehead atoms. The Kier molecular flexibility index (Phi) is 9.06. The zero-order valence-electron chi connectivity index (χ0n) is 22.4. The van der Waals surface area contributed by atoms with Crippen molar-refractivity contribution in [1.82, 2.24) is 20.0 Å². The van der Waals surface area contributed by atoms with E-state index in [1.165, 1.54) is 0 Å². The van der Waals surface area contributed by atoms with Gasteiger partial charge in [0.15, 0.2) is 12.1 Å². The number of hydrogen-bond acceptors (Lipinski definition) is 7. The maximum atomic E-state index is 13.1. The monoisotopic (exact) mass is 530 g/mol. The molecule has 2 aromatic heterocycles. The molecule has 204 valence electrons. The van der Waals surface area contributed by atoms with E-state index < -0.39 is 18.1 Å².